The molecule has 0 aliphatic heterocycles. The molecular weight excluding hydrogens is 370 g/mol. The second-order valence-corrected chi connectivity index (χ2v) is 6.82. The maximum atomic E-state index is 11.9. The molecule has 1 aromatic carbocycles. The molecule has 0 atom stereocenters. The molecule has 24 heavy (non-hydrogen) atoms. The topological polar surface area (TPSA) is 101 Å². The average molecular weight is 380 g/mol. The summed E-state index contributed by atoms with van der Waals surface area (Å²) in [5.41, 5.74) is 0.499. The van der Waals surface area contributed by atoms with Crippen molar-refractivity contribution in [2.24, 2.45) is 0 Å². The highest BCUT2D eigenvalue weighted by Crippen LogP contribution is 2.31. The van der Waals surface area contributed by atoms with Crippen LogP contribution in [0.4, 0.5) is 5.13 Å². The second kappa shape index (κ2) is 7.56. The van der Waals surface area contributed by atoms with Crippen LogP contribution in [0.2, 0.25) is 5.02 Å². The van der Waals surface area contributed by atoms with Crippen LogP contribution in [-0.2, 0) is 4.79 Å². The Bertz CT molecular complexity index is 927. The molecule has 7 nitrogen and oxygen atoms in total. The lowest BCUT2D eigenvalue weighted by atomic mass is 10.2. The van der Waals surface area contributed by atoms with Crippen molar-refractivity contribution in [3.05, 3.63) is 51.9 Å². The fourth-order valence-corrected chi connectivity index (χ4v) is 3.46. The van der Waals surface area contributed by atoms with Crippen molar-refractivity contribution < 1.29 is 4.79 Å². The summed E-state index contributed by atoms with van der Waals surface area (Å²) in [5, 5.41) is 12.6. The SMILES string of the molecule is O=C(CSc1nccc(=O)[nH]1)Nc1nnc(-c2ccccc2Cl)s1. The zero-order valence-electron chi connectivity index (χ0n) is 12.0. The van der Waals surface area contributed by atoms with E-state index >= 15 is 0 Å². The van der Waals surface area contributed by atoms with Crippen molar-refractivity contribution in [2.75, 3.05) is 11.1 Å². The van der Waals surface area contributed by atoms with E-state index in [9.17, 15) is 9.59 Å². The highest BCUT2D eigenvalue weighted by atomic mass is 35.5. The third-order valence-corrected chi connectivity index (χ3v) is 4.85. The van der Waals surface area contributed by atoms with Gasteiger partial charge in [0.1, 0.15) is 0 Å². The first-order valence-corrected chi connectivity index (χ1v) is 8.86. The standard InChI is InChI=1S/C14H10ClN5O2S2/c15-9-4-2-1-3-8(9)12-19-20-14(24-12)18-11(22)7-23-13-16-6-5-10(21)17-13/h1-6H,7H2,(H,16,17,21)(H,18,20,22). The molecule has 10 heteroatoms. The molecule has 2 heterocycles. The van der Waals surface area contributed by atoms with Crippen molar-refractivity contribution in [2.45, 2.75) is 5.16 Å². The summed E-state index contributed by atoms with van der Waals surface area (Å²) in [5.74, 6) is -0.179. The zero-order valence-corrected chi connectivity index (χ0v) is 14.4. The number of aromatic nitrogens is 4. The van der Waals surface area contributed by atoms with Gasteiger partial charge in [-0.05, 0) is 6.07 Å². The van der Waals surface area contributed by atoms with Crippen LogP contribution < -0.4 is 10.9 Å². The number of rotatable bonds is 5. The number of carbonyl (C=O) groups excluding carboxylic acids is 1. The number of thioether (sulfide) groups is 1. The number of hydrogen-bond donors (Lipinski definition) is 2. The van der Waals surface area contributed by atoms with Crippen LogP contribution in [-0.4, -0.2) is 31.8 Å². The summed E-state index contributed by atoms with van der Waals surface area (Å²) < 4.78 is 0. The molecule has 0 spiro atoms. The van der Waals surface area contributed by atoms with Crippen LogP contribution >= 0.6 is 34.7 Å². The van der Waals surface area contributed by atoms with E-state index in [-0.39, 0.29) is 17.2 Å². The van der Waals surface area contributed by atoms with E-state index in [1.807, 2.05) is 18.2 Å². The van der Waals surface area contributed by atoms with E-state index in [2.05, 4.69) is 25.5 Å². The van der Waals surface area contributed by atoms with E-state index in [1.54, 1.807) is 6.07 Å². The first-order chi connectivity index (χ1) is 11.6. The van der Waals surface area contributed by atoms with Gasteiger partial charge in [-0.15, -0.1) is 10.2 Å². The zero-order chi connectivity index (χ0) is 16.9. The molecule has 0 radical (unpaired) electrons. The molecule has 0 aliphatic rings. The quantitative estimate of drug-likeness (QED) is 0.522. The third kappa shape index (κ3) is 4.19. The van der Waals surface area contributed by atoms with Crippen molar-refractivity contribution in [1.82, 2.24) is 20.2 Å². The number of benzene rings is 1. The lowest BCUT2D eigenvalue weighted by Crippen LogP contribution is -2.15. The number of nitrogens with one attached hydrogen (secondary N) is 2. The van der Waals surface area contributed by atoms with Gasteiger partial charge in [-0.3, -0.25) is 14.9 Å². The minimum atomic E-state index is -0.270. The van der Waals surface area contributed by atoms with Crippen molar-refractivity contribution in [3.8, 4) is 10.6 Å². The van der Waals surface area contributed by atoms with Crippen LogP contribution in [0.1, 0.15) is 0 Å². The Labute approximate surface area is 149 Å². The van der Waals surface area contributed by atoms with Crippen LogP contribution in [0, 0.1) is 0 Å². The average Bonchev–Trinajstić information content (AvgIpc) is 3.02. The largest absolute Gasteiger partial charge is 0.301 e. The van der Waals surface area contributed by atoms with Gasteiger partial charge < -0.3 is 4.98 Å². The predicted molar refractivity (Wildman–Crippen MR) is 94.6 cm³/mol. The normalized spacial score (nSPS) is 10.5. The van der Waals surface area contributed by atoms with Gasteiger partial charge in [0.15, 0.2) is 10.2 Å². The Kier molecular flexibility index (Phi) is 5.24. The monoisotopic (exact) mass is 379 g/mol. The number of carbonyl (C=O) groups is 1. The molecular formula is C14H10ClN5O2S2. The predicted octanol–water partition coefficient (Wildman–Crippen LogP) is 2.67. The lowest BCUT2D eigenvalue weighted by Gasteiger charge is -2.00. The highest BCUT2D eigenvalue weighted by Gasteiger charge is 2.12. The molecule has 0 fully saturated rings. The van der Waals surface area contributed by atoms with Gasteiger partial charge in [-0.2, -0.15) is 0 Å². The van der Waals surface area contributed by atoms with Gasteiger partial charge in [-0.1, -0.05) is 52.9 Å². The Morgan fingerprint density at radius 2 is 2.12 bits per heavy atom. The molecule has 0 aliphatic carbocycles. The minimum absolute atomic E-state index is 0.0912. The van der Waals surface area contributed by atoms with Crippen LogP contribution in [0.15, 0.2) is 46.5 Å². The molecule has 0 unspecified atom stereocenters. The summed E-state index contributed by atoms with van der Waals surface area (Å²) >= 11 is 8.47. The van der Waals surface area contributed by atoms with E-state index in [1.165, 1.54) is 23.6 Å². The van der Waals surface area contributed by atoms with Crippen LogP contribution in [0.5, 0.6) is 0 Å². The van der Waals surface area contributed by atoms with Crippen molar-refractivity contribution >= 4 is 45.7 Å². The van der Waals surface area contributed by atoms with Crippen LogP contribution in [0.3, 0.4) is 0 Å². The Balaban J connectivity index is 1.61. The van der Waals surface area contributed by atoms with Gasteiger partial charge >= 0.3 is 0 Å². The summed E-state index contributed by atoms with van der Waals surface area (Å²) in [6, 6.07) is 8.59. The first-order valence-electron chi connectivity index (χ1n) is 6.68. The van der Waals surface area contributed by atoms with Crippen molar-refractivity contribution in [1.29, 1.82) is 0 Å². The molecule has 0 saturated carbocycles. The summed E-state index contributed by atoms with van der Waals surface area (Å²) in [6.07, 6.45) is 1.39. The van der Waals surface area contributed by atoms with Gasteiger partial charge in [0, 0.05) is 17.8 Å². The van der Waals surface area contributed by atoms with Gasteiger partial charge in [0.05, 0.1) is 10.8 Å². The van der Waals surface area contributed by atoms with Crippen molar-refractivity contribution in [3.63, 3.8) is 0 Å². The molecule has 2 aromatic heterocycles. The highest BCUT2D eigenvalue weighted by molar-refractivity contribution is 7.99. The third-order valence-electron chi connectivity index (χ3n) is 2.76. The molecule has 1 amide bonds. The van der Waals surface area contributed by atoms with Crippen LogP contribution in [0.25, 0.3) is 10.6 Å². The van der Waals surface area contributed by atoms with E-state index in [0.29, 0.717) is 20.3 Å². The number of anilines is 1. The van der Waals surface area contributed by atoms with Gasteiger partial charge in [0.2, 0.25) is 11.0 Å². The Morgan fingerprint density at radius 1 is 1.29 bits per heavy atom. The van der Waals surface area contributed by atoms with E-state index in [0.717, 1.165) is 17.3 Å². The fourth-order valence-electron chi connectivity index (χ4n) is 1.73. The number of amides is 1. The number of halogens is 1. The minimum Gasteiger partial charge on any atom is -0.301 e. The number of nitrogens with zero attached hydrogens (tertiary/aromatic N) is 3. The molecule has 3 rings (SSSR count). The lowest BCUT2D eigenvalue weighted by molar-refractivity contribution is -0.113. The second-order valence-electron chi connectivity index (χ2n) is 4.47. The molecule has 122 valence electrons. The molecule has 0 saturated heterocycles. The van der Waals surface area contributed by atoms with Gasteiger partial charge in [0.25, 0.3) is 5.56 Å². The number of aromatic amines is 1. The summed E-state index contributed by atoms with van der Waals surface area (Å²) in [6.45, 7) is 0. The van der Waals surface area contributed by atoms with E-state index < -0.39 is 0 Å². The van der Waals surface area contributed by atoms with Gasteiger partial charge in [-0.25, -0.2) is 4.98 Å². The number of H-pyrrole nitrogens is 1. The summed E-state index contributed by atoms with van der Waals surface area (Å²) in [7, 11) is 0. The number of hydrogen-bond acceptors (Lipinski definition) is 7. The first kappa shape index (κ1) is 16.6. The summed E-state index contributed by atoms with van der Waals surface area (Å²) in [4.78, 5) is 29.6. The molecule has 3 aromatic rings. The maximum absolute atomic E-state index is 11.9. The smallest absolute Gasteiger partial charge is 0.251 e. The fraction of sp³-hybridized carbons (Fsp3) is 0.0714. The Hall–Kier alpha value is -2.23. The van der Waals surface area contributed by atoms with E-state index in [4.69, 9.17) is 11.6 Å². The molecule has 2 N–H and O–H groups in total. The molecule has 0 bridgehead atoms. The Morgan fingerprint density at radius 3 is 2.92 bits per heavy atom. The maximum Gasteiger partial charge on any atom is 0.251 e.